The van der Waals surface area contributed by atoms with Crippen LogP contribution in [0.4, 0.5) is 5.69 Å². The molecule has 0 radical (unpaired) electrons. The molecule has 1 saturated heterocycles. The van der Waals surface area contributed by atoms with Crippen LogP contribution in [0.5, 0.6) is 0 Å². The quantitative estimate of drug-likeness (QED) is 0.564. The number of hydrogen-bond acceptors (Lipinski definition) is 6. The van der Waals surface area contributed by atoms with Gasteiger partial charge < -0.3 is 9.57 Å². The third-order valence-electron chi connectivity index (χ3n) is 4.57. The summed E-state index contributed by atoms with van der Waals surface area (Å²) in [6.07, 6.45) is -1.13. The molecule has 7 nitrogen and oxygen atoms in total. The second-order valence-electron chi connectivity index (χ2n) is 6.12. The van der Waals surface area contributed by atoms with E-state index in [1.165, 1.54) is 25.3 Å². The van der Waals surface area contributed by atoms with Crippen molar-refractivity contribution in [2.75, 3.05) is 12.0 Å². The number of amides is 2. The van der Waals surface area contributed by atoms with Crippen LogP contribution in [-0.2, 0) is 19.2 Å². The average Bonchev–Trinajstić information content (AvgIpc) is 3.21. The average molecular weight is 419 g/mol. The molecule has 0 aromatic heterocycles. The van der Waals surface area contributed by atoms with E-state index in [-0.39, 0.29) is 22.0 Å². The zero-order chi connectivity index (χ0) is 20.0. The number of para-hydroxylation sites is 1. The summed E-state index contributed by atoms with van der Waals surface area (Å²) in [7, 11) is 1.22. The van der Waals surface area contributed by atoms with E-state index in [1.807, 2.05) is 0 Å². The highest BCUT2D eigenvalue weighted by molar-refractivity contribution is 6.39. The number of hydrogen-bond donors (Lipinski definition) is 0. The van der Waals surface area contributed by atoms with Crippen LogP contribution in [0.3, 0.4) is 0 Å². The van der Waals surface area contributed by atoms with Gasteiger partial charge in [0.05, 0.1) is 23.4 Å². The van der Waals surface area contributed by atoms with Crippen LogP contribution in [0.25, 0.3) is 0 Å². The van der Waals surface area contributed by atoms with Gasteiger partial charge in [-0.3, -0.25) is 9.59 Å². The number of nitrogens with zero attached hydrogens (tertiary/aromatic N) is 2. The molecular formula is C19H12Cl2N2O5. The summed E-state index contributed by atoms with van der Waals surface area (Å²) in [4.78, 5) is 44.3. The van der Waals surface area contributed by atoms with Gasteiger partial charge in [0.25, 0.3) is 5.91 Å². The molecule has 2 amide bonds. The lowest BCUT2D eigenvalue weighted by Crippen LogP contribution is -2.34. The number of halogens is 2. The highest BCUT2D eigenvalue weighted by Gasteiger charge is 2.56. The number of benzene rings is 2. The van der Waals surface area contributed by atoms with E-state index < -0.39 is 29.8 Å². The van der Waals surface area contributed by atoms with Crippen LogP contribution in [0.1, 0.15) is 15.9 Å². The van der Waals surface area contributed by atoms with Gasteiger partial charge in [-0.1, -0.05) is 46.6 Å². The molecule has 2 aliphatic heterocycles. The maximum absolute atomic E-state index is 13.1. The van der Waals surface area contributed by atoms with Crippen LogP contribution in [0, 0.1) is 5.92 Å². The Balaban J connectivity index is 1.75. The minimum atomic E-state index is -1.13. The second-order valence-corrected chi connectivity index (χ2v) is 6.97. The standard InChI is InChI=1S/C19H12Cl2N2O5/c1-27-19(26)11-4-2-3-5-13(11)23-17(24)14-15(22-28-16(14)18(23)25)10-7-6-9(20)8-12(10)21/h2-8,14,16H,1H3. The Kier molecular flexibility index (Phi) is 4.56. The monoisotopic (exact) mass is 418 g/mol. The Bertz CT molecular complexity index is 1050. The van der Waals surface area contributed by atoms with Crippen molar-refractivity contribution >= 4 is 52.4 Å². The fraction of sp³-hybridized carbons (Fsp3) is 0.158. The SMILES string of the molecule is COC(=O)c1ccccc1N1C(=O)C2ON=C(c3ccc(Cl)cc3Cl)C2C1=O. The molecular weight excluding hydrogens is 407 g/mol. The molecule has 2 heterocycles. The van der Waals surface area contributed by atoms with Gasteiger partial charge in [0, 0.05) is 10.6 Å². The summed E-state index contributed by atoms with van der Waals surface area (Å²) in [5.74, 6) is -2.82. The predicted octanol–water partition coefficient (Wildman–Crippen LogP) is 3.07. The molecule has 4 rings (SSSR count). The van der Waals surface area contributed by atoms with Crippen molar-refractivity contribution in [3.05, 3.63) is 63.6 Å². The molecule has 2 aliphatic rings. The fourth-order valence-corrected chi connectivity index (χ4v) is 3.79. The molecule has 142 valence electrons. The number of fused-ring (bicyclic) bond motifs is 1. The van der Waals surface area contributed by atoms with Crippen molar-refractivity contribution in [2.24, 2.45) is 11.1 Å². The minimum absolute atomic E-state index is 0.0923. The van der Waals surface area contributed by atoms with Crippen LogP contribution < -0.4 is 4.90 Å². The Morgan fingerprint density at radius 1 is 1.14 bits per heavy atom. The Labute approximate surface area is 169 Å². The number of imide groups is 1. The Hall–Kier alpha value is -2.90. The van der Waals surface area contributed by atoms with E-state index in [1.54, 1.807) is 24.3 Å². The first-order valence-corrected chi connectivity index (χ1v) is 8.94. The summed E-state index contributed by atoms with van der Waals surface area (Å²) >= 11 is 12.2. The first-order valence-electron chi connectivity index (χ1n) is 8.18. The van der Waals surface area contributed by atoms with Gasteiger partial charge in [-0.15, -0.1) is 0 Å². The van der Waals surface area contributed by atoms with Gasteiger partial charge >= 0.3 is 5.97 Å². The molecule has 2 unspecified atom stereocenters. The van der Waals surface area contributed by atoms with Crippen LogP contribution in [0.2, 0.25) is 10.0 Å². The summed E-state index contributed by atoms with van der Waals surface area (Å²) in [5, 5.41) is 4.62. The number of esters is 1. The van der Waals surface area contributed by atoms with Gasteiger partial charge in [0.1, 0.15) is 11.6 Å². The smallest absolute Gasteiger partial charge is 0.339 e. The van der Waals surface area contributed by atoms with Crippen molar-refractivity contribution in [3.8, 4) is 0 Å². The number of carbonyl (C=O) groups is 3. The number of carbonyl (C=O) groups excluding carboxylic acids is 3. The third kappa shape index (κ3) is 2.75. The van der Waals surface area contributed by atoms with E-state index in [0.717, 1.165) is 4.90 Å². The molecule has 0 saturated carbocycles. The van der Waals surface area contributed by atoms with E-state index in [0.29, 0.717) is 10.6 Å². The number of anilines is 1. The molecule has 0 bridgehead atoms. The van der Waals surface area contributed by atoms with E-state index in [4.69, 9.17) is 32.8 Å². The van der Waals surface area contributed by atoms with Crippen molar-refractivity contribution in [3.63, 3.8) is 0 Å². The zero-order valence-electron chi connectivity index (χ0n) is 14.4. The van der Waals surface area contributed by atoms with Crippen molar-refractivity contribution < 1.29 is 24.0 Å². The maximum Gasteiger partial charge on any atom is 0.339 e. The molecule has 0 N–H and O–H groups in total. The topological polar surface area (TPSA) is 85.3 Å². The maximum atomic E-state index is 13.1. The first-order chi connectivity index (χ1) is 13.4. The highest BCUT2D eigenvalue weighted by Crippen LogP contribution is 2.38. The van der Waals surface area contributed by atoms with Gasteiger partial charge in [0.15, 0.2) is 0 Å². The van der Waals surface area contributed by atoms with Crippen LogP contribution >= 0.6 is 23.2 Å². The molecule has 0 aliphatic carbocycles. The molecule has 0 spiro atoms. The number of rotatable bonds is 3. The van der Waals surface area contributed by atoms with Gasteiger partial charge in [-0.25, -0.2) is 9.69 Å². The molecule has 2 atom stereocenters. The summed E-state index contributed by atoms with van der Waals surface area (Å²) in [5.41, 5.74) is 0.907. The third-order valence-corrected chi connectivity index (χ3v) is 5.12. The van der Waals surface area contributed by atoms with Crippen molar-refractivity contribution in [2.45, 2.75) is 6.10 Å². The van der Waals surface area contributed by atoms with Crippen molar-refractivity contribution in [1.29, 1.82) is 0 Å². The van der Waals surface area contributed by atoms with E-state index >= 15 is 0 Å². The first kappa shape index (κ1) is 18.5. The molecule has 2 aromatic rings. The van der Waals surface area contributed by atoms with E-state index in [9.17, 15) is 14.4 Å². The summed E-state index contributed by atoms with van der Waals surface area (Å²) in [6, 6.07) is 10.9. The predicted molar refractivity (Wildman–Crippen MR) is 102 cm³/mol. The number of ether oxygens (including phenoxy) is 1. The van der Waals surface area contributed by atoms with Crippen LogP contribution in [-0.4, -0.2) is 36.7 Å². The minimum Gasteiger partial charge on any atom is -0.465 e. The molecule has 1 fully saturated rings. The molecule has 9 heteroatoms. The second kappa shape index (κ2) is 6.92. The zero-order valence-corrected chi connectivity index (χ0v) is 15.9. The van der Waals surface area contributed by atoms with Gasteiger partial charge in [0.2, 0.25) is 12.0 Å². The van der Waals surface area contributed by atoms with Crippen molar-refractivity contribution in [1.82, 2.24) is 0 Å². The highest BCUT2D eigenvalue weighted by atomic mass is 35.5. The lowest BCUT2D eigenvalue weighted by atomic mass is 9.94. The molecule has 2 aromatic carbocycles. The van der Waals surface area contributed by atoms with E-state index in [2.05, 4.69) is 5.16 Å². The lowest BCUT2D eigenvalue weighted by molar-refractivity contribution is -0.126. The largest absolute Gasteiger partial charge is 0.465 e. The fourth-order valence-electron chi connectivity index (χ4n) is 3.29. The number of methoxy groups -OCH3 is 1. The molecule has 28 heavy (non-hydrogen) atoms. The normalized spacial score (nSPS) is 20.7. The Morgan fingerprint density at radius 2 is 1.89 bits per heavy atom. The van der Waals surface area contributed by atoms with Gasteiger partial charge in [-0.05, 0) is 24.3 Å². The van der Waals surface area contributed by atoms with Gasteiger partial charge in [-0.2, -0.15) is 0 Å². The summed E-state index contributed by atoms with van der Waals surface area (Å²) in [6.45, 7) is 0. The summed E-state index contributed by atoms with van der Waals surface area (Å²) < 4.78 is 4.75. The number of oxime groups is 1. The van der Waals surface area contributed by atoms with Crippen LogP contribution in [0.15, 0.2) is 47.6 Å². The Morgan fingerprint density at radius 3 is 2.61 bits per heavy atom. The lowest BCUT2D eigenvalue weighted by Gasteiger charge is -2.18.